The van der Waals surface area contributed by atoms with Gasteiger partial charge >= 0.3 is 16.3 Å². The molecule has 188 valence electrons. The van der Waals surface area contributed by atoms with Crippen molar-refractivity contribution in [1.82, 2.24) is 9.71 Å². The summed E-state index contributed by atoms with van der Waals surface area (Å²) in [5.41, 5.74) is 2.22. The molecule has 0 aliphatic rings. The van der Waals surface area contributed by atoms with Crippen LogP contribution in [0, 0.1) is 0 Å². The number of carbonyl (C=O) groups excluding carboxylic acids is 1. The third kappa shape index (κ3) is 7.57. The minimum absolute atomic E-state index is 0.0161. The highest BCUT2D eigenvalue weighted by Crippen LogP contribution is 2.28. The van der Waals surface area contributed by atoms with E-state index in [0.29, 0.717) is 28.8 Å². The van der Waals surface area contributed by atoms with Gasteiger partial charge in [-0.2, -0.15) is 8.42 Å². The van der Waals surface area contributed by atoms with Gasteiger partial charge < -0.3 is 4.74 Å². The molecule has 0 saturated heterocycles. The summed E-state index contributed by atoms with van der Waals surface area (Å²) >= 11 is 1.38. The van der Waals surface area contributed by atoms with Crippen molar-refractivity contribution in [2.24, 2.45) is 0 Å². The van der Waals surface area contributed by atoms with Gasteiger partial charge in [0.2, 0.25) is 10.0 Å². The number of rotatable bonds is 11. The molecule has 3 aromatic rings. The molecule has 0 unspecified atom stereocenters. The lowest BCUT2D eigenvalue weighted by Crippen LogP contribution is -2.30. The second kappa shape index (κ2) is 11.3. The highest BCUT2D eigenvalue weighted by molar-refractivity contribution is 7.89. The summed E-state index contributed by atoms with van der Waals surface area (Å²) in [7, 11) is -7.01. The molecule has 10 nitrogen and oxygen atoms in total. The van der Waals surface area contributed by atoms with Crippen LogP contribution in [0.15, 0.2) is 53.9 Å². The Hall–Kier alpha value is -2.84. The molecule has 3 rings (SSSR count). The largest absolute Gasteiger partial charge is 0.465 e. The molecule has 0 radical (unpaired) electrons. The maximum absolute atomic E-state index is 13.3. The number of methoxy groups -OCH3 is 1. The van der Waals surface area contributed by atoms with Crippen molar-refractivity contribution in [3.8, 4) is 0 Å². The molecule has 1 aromatic heterocycles. The number of anilines is 1. The monoisotopic (exact) mass is 539 g/mol. The fourth-order valence-electron chi connectivity index (χ4n) is 3.24. The molecule has 0 bridgehead atoms. The second-order valence-electron chi connectivity index (χ2n) is 7.54. The molecule has 0 aliphatic heterocycles. The molecule has 35 heavy (non-hydrogen) atoms. The van der Waals surface area contributed by atoms with Gasteiger partial charge in [0.25, 0.3) is 0 Å². The Kier molecular flexibility index (Phi) is 8.61. The van der Waals surface area contributed by atoms with Crippen molar-refractivity contribution < 1.29 is 30.9 Å². The van der Waals surface area contributed by atoms with Crippen LogP contribution in [0.3, 0.4) is 0 Å². The Bertz CT molecular complexity index is 1370. The molecule has 0 aliphatic carbocycles. The first-order chi connectivity index (χ1) is 16.5. The highest BCUT2D eigenvalue weighted by Gasteiger charge is 2.29. The standard InChI is InChI=1S/C22H25N3O7S3/c1-3-21-24-19(14-33-21)20(12-15-6-10-18(11-7-15)25-35(29,30)31)34(27,28)23-13-16-4-8-17(9-5-16)22(26)32-2/h4-11,14,20,23,25H,3,12-13H2,1-2H3,(H,29,30,31)/t20-/m0/s1. The molecule has 0 saturated carbocycles. The van der Waals surface area contributed by atoms with Crippen molar-refractivity contribution in [2.75, 3.05) is 11.8 Å². The summed E-state index contributed by atoms with van der Waals surface area (Å²) in [5.74, 6) is -0.481. The van der Waals surface area contributed by atoms with Gasteiger partial charge in [-0.15, -0.1) is 11.3 Å². The first-order valence-electron chi connectivity index (χ1n) is 10.4. The number of benzene rings is 2. The van der Waals surface area contributed by atoms with E-state index in [1.807, 2.05) is 11.6 Å². The third-order valence-corrected chi connectivity index (χ3v) is 8.26. The average Bonchev–Trinajstić information content (AvgIpc) is 3.30. The van der Waals surface area contributed by atoms with Crippen LogP contribution in [0.2, 0.25) is 0 Å². The van der Waals surface area contributed by atoms with Gasteiger partial charge in [-0.3, -0.25) is 9.27 Å². The number of hydrogen-bond acceptors (Lipinski definition) is 8. The second-order valence-corrected chi connectivity index (χ2v) is 11.6. The van der Waals surface area contributed by atoms with E-state index in [0.717, 1.165) is 5.01 Å². The molecular formula is C22H25N3O7S3. The van der Waals surface area contributed by atoms with Gasteiger partial charge in [-0.1, -0.05) is 31.2 Å². The minimum atomic E-state index is -4.41. The van der Waals surface area contributed by atoms with Gasteiger partial charge in [0.05, 0.1) is 29.1 Å². The zero-order valence-electron chi connectivity index (χ0n) is 19.0. The van der Waals surface area contributed by atoms with E-state index in [-0.39, 0.29) is 18.7 Å². The van der Waals surface area contributed by atoms with Crippen LogP contribution in [0.4, 0.5) is 5.69 Å². The fraction of sp³-hybridized carbons (Fsp3) is 0.273. The molecule has 13 heteroatoms. The van der Waals surface area contributed by atoms with Gasteiger partial charge in [0.15, 0.2) is 0 Å². The molecule has 0 spiro atoms. The van der Waals surface area contributed by atoms with E-state index in [1.165, 1.54) is 30.6 Å². The molecular weight excluding hydrogens is 514 g/mol. The van der Waals surface area contributed by atoms with Crippen LogP contribution in [-0.2, 0) is 44.5 Å². The maximum atomic E-state index is 13.3. The summed E-state index contributed by atoms with van der Waals surface area (Å²) in [6.45, 7) is 1.95. The number of aryl methyl sites for hydroxylation is 1. The average molecular weight is 540 g/mol. The molecule has 3 N–H and O–H groups in total. The molecule has 1 atom stereocenters. The van der Waals surface area contributed by atoms with E-state index in [4.69, 9.17) is 4.55 Å². The zero-order chi connectivity index (χ0) is 25.6. The number of hydrogen-bond donors (Lipinski definition) is 3. The number of thiazole rings is 1. The lowest BCUT2D eigenvalue weighted by molar-refractivity contribution is 0.0600. The van der Waals surface area contributed by atoms with Gasteiger partial charge in [-0.05, 0) is 48.2 Å². The van der Waals surface area contributed by atoms with E-state index in [9.17, 15) is 21.6 Å². The van der Waals surface area contributed by atoms with E-state index >= 15 is 0 Å². The van der Waals surface area contributed by atoms with Crippen molar-refractivity contribution in [2.45, 2.75) is 31.6 Å². The van der Waals surface area contributed by atoms with Crippen molar-refractivity contribution in [3.63, 3.8) is 0 Å². The summed E-state index contributed by atoms with van der Waals surface area (Å²) in [5, 5.41) is 1.54. The van der Waals surface area contributed by atoms with Crippen molar-refractivity contribution >= 4 is 43.3 Å². The van der Waals surface area contributed by atoms with Gasteiger partial charge in [-0.25, -0.2) is 22.9 Å². The Balaban J connectivity index is 1.81. The number of aromatic nitrogens is 1. The maximum Gasteiger partial charge on any atom is 0.357 e. The number of ether oxygens (including phenoxy) is 1. The van der Waals surface area contributed by atoms with Gasteiger partial charge in [0, 0.05) is 11.9 Å². The third-order valence-electron chi connectivity index (χ3n) is 5.05. The van der Waals surface area contributed by atoms with Crippen LogP contribution in [0.25, 0.3) is 0 Å². The smallest absolute Gasteiger partial charge is 0.357 e. The zero-order valence-corrected chi connectivity index (χ0v) is 21.4. The quantitative estimate of drug-likeness (QED) is 0.248. The molecule has 1 heterocycles. The van der Waals surface area contributed by atoms with Crippen LogP contribution in [0.1, 0.15) is 44.4 Å². The topological polar surface area (TPSA) is 152 Å². The lowest BCUT2D eigenvalue weighted by Gasteiger charge is -2.17. The Labute approximate surface area is 208 Å². The van der Waals surface area contributed by atoms with Crippen LogP contribution < -0.4 is 9.44 Å². The highest BCUT2D eigenvalue weighted by atomic mass is 32.2. The van der Waals surface area contributed by atoms with Crippen molar-refractivity contribution in [3.05, 3.63) is 81.3 Å². The summed E-state index contributed by atoms with van der Waals surface area (Å²) in [6, 6.07) is 12.4. The fourth-order valence-corrected chi connectivity index (χ4v) is 5.98. The minimum Gasteiger partial charge on any atom is -0.465 e. The van der Waals surface area contributed by atoms with Crippen LogP contribution >= 0.6 is 11.3 Å². The summed E-state index contributed by atoms with van der Waals surface area (Å²) in [6.07, 6.45) is 0.767. The number of esters is 1. The first kappa shape index (κ1) is 26.8. The van der Waals surface area contributed by atoms with E-state index < -0.39 is 31.5 Å². The van der Waals surface area contributed by atoms with Crippen molar-refractivity contribution in [1.29, 1.82) is 0 Å². The number of nitrogens with one attached hydrogen (secondary N) is 2. The molecule has 0 amide bonds. The molecule has 2 aromatic carbocycles. The Morgan fingerprint density at radius 2 is 1.69 bits per heavy atom. The Morgan fingerprint density at radius 1 is 1.06 bits per heavy atom. The molecule has 0 fully saturated rings. The number of nitrogens with zero attached hydrogens (tertiary/aromatic N) is 1. The van der Waals surface area contributed by atoms with Crippen LogP contribution in [0.5, 0.6) is 0 Å². The number of carbonyl (C=O) groups is 1. The van der Waals surface area contributed by atoms with E-state index in [1.54, 1.807) is 41.8 Å². The predicted molar refractivity (Wildman–Crippen MR) is 133 cm³/mol. The summed E-state index contributed by atoms with van der Waals surface area (Å²) in [4.78, 5) is 16.1. The Morgan fingerprint density at radius 3 is 2.23 bits per heavy atom. The number of sulfonamides is 1. The predicted octanol–water partition coefficient (Wildman–Crippen LogP) is 3.11. The first-order valence-corrected chi connectivity index (χ1v) is 14.3. The van der Waals surface area contributed by atoms with Crippen LogP contribution in [-0.4, -0.2) is 39.5 Å². The normalized spacial score (nSPS) is 12.8. The van der Waals surface area contributed by atoms with E-state index in [2.05, 4.69) is 14.4 Å². The van der Waals surface area contributed by atoms with Gasteiger partial charge in [0.1, 0.15) is 5.25 Å². The SMILES string of the molecule is CCc1nc([C@H](Cc2ccc(NS(=O)(=O)O)cc2)S(=O)(=O)NCc2ccc(C(=O)OC)cc2)cs1. The summed E-state index contributed by atoms with van der Waals surface area (Å²) < 4.78 is 66.8. The lowest BCUT2D eigenvalue weighted by atomic mass is 10.1.